The summed E-state index contributed by atoms with van der Waals surface area (Å²) in [4.78, 5) is 38.6. The molecule has 0 aliphatic carbocycles. The molecule has 2 rings (SSSR count). The molecule has 1 aromatic carbocycles. The molecule has 1 atom stereocenters. The topological polar surface area (TPSA) is 77.9 Å². The average Bonchev–Trinajstić information content (AvgIpc) is 2.59. The first-order valence-corrected chi connectivity index (χ1v) is 8.30. The maximum Gasteiger partial charge on any atom is 0.326 e. The van der Waals surface area contributed by atoms with E-state index in [-0.39, 0.29) is 18.4 Å². The lowest BCUT2D eigenvalue weighted by Gasteiger charge is -2.34. The van der Waals surface area contributed by atoms with Crippen molar-refractivity contribution in [3.05, 3.63) is 35.9 Å². The quantitative estimate of drug-likeness (QED) is 0.857. The van der Waals surface area contributed by atoms with Crippen molar-refractivity contribution in [1.82, 2.24) is 9.80 Å². The zero-order valence-corrected chi connectivity index (χ0v) is 14.0. The van der Waals surface area contributed by atoms with Crippen molar-refractivity contribution in [3.63, 3.8) is 0 Å². The molecule has 1 saturated heterocycles. The van der Waals surface area contributed by atoms with E-state index >= 15 is 0 Å². The average molecular weight is 332 g/mol. The number of rotatable bonds is 6. The molecule has 1 aromatic rings. The van der Waals surface area contributed by atoms with Crippen LogP contribution < -0.4 is 0 Å². The number of hydrogen-bond donors (Lipinski definition) is 1. The lowest BCUT2D eigenvalue weighted by Crippen LogP contribution is -2.51. The van der Waals surface area contributed by atoms with E-state index in [1.54, 1.807) is 0 Å². The van der Waals surface area contributed by atoms with Crippen LogP contribution in [0.25, 0.3) is 0 Å². The molecule has 2 amide bonds. The van der Waals surface area contributed by atoms with Gasteiger partial charge in [0.25, 0.3) is 0 Å². The molecule has 1 fully saturated rings. The number of carboxylic acid groups (broad SMARTS) is 1. The van der Waals surface area contributed by atoms with Crippen molar-refractivity contribution >= 4 is 17.8 Å². The van der Waals surface area contributed by atoms with Gasteiger partial charge in [-0.25, -0.2) is 4.79 Å². The Morgan fingerprint density at radius 3 is 2.54 bits per heavy atom. The molecule has 1 heterocycles. The fraction of sp³-hybridized carbons (Fsp3) is 0.500. The van der Waals surface area contributed by atoms with E-state index in [1.165, 1.54) is 16.7 Å². The molecule has 0 bridgehead atoms. The highest BCUT2D eigenvalue weighted by molar-refractivity contribution is 5.87. The van der Waals surface area contributed by atoms with E-state index < -0.39 is 12.0 Å². The summed E-state index contributed by atoms with van der Waals surface area (Å²) in [6, 6.07) is 8.98. The molecule has 1 unspecified atom stereocenters. The normalized spacial score (nSPS) is 17.4. The Morgan fingerprint density at radius 2 is 1.92 bits per heavy atom. The van der Waals surface area contributed by atoms with Crippen LogP contribution in [0.4, 0.5) is 0 Å². The second-order valence-electron chi connectivity index (χ2n) is 6.11. The van der Waals surface area contributed by atoms with Crippen LogP contribution in [0.5, 0.6) is 0 Å². The summed E-state index contributed by atoms with van der Waals surface area (Å²) >= 11 is 0. The highest BCUT2D eigenvalue weighted by Crippen LogP contribution is 2.17. The fourth-order valence-electron chi connectivity index (χ4n) is 3.00. The molecular formula is C18H24N2O4. The standard InChI is InChI=1S/C18H24N2O4/c1-14(21)19(12-10-15-7-3-2-4-8-15)13-17(22)20-11-6-5-9-16(20)18(23)24/h2-4,7-8,16H,5-6,9-13H2,1H3,(H,23,24). The zero-order chi connectivity index (χ0) is 17.5. The number of hydrogen-bond acceptors (Lipinski definition) is 3. The Bertz CT molecular complexity index is 588. The second-order valence-corrected chi connectivity index (χ2v) is 6.11. The van der Waals surface area contributed by atoms with Gasteiger partial charge in [0.2, 0.25) is 11.8 Å². The summed E-state index contributed by atoms with van der Waals surface area (Å²) in [6.45, 7) is 2.26. The van der Waals surface area contributed by atoms with Crippen LogP contribution in [0.3, 0.4) is 0 Å². The van der Waals surface area contributed by atoms with Crippen LogP contribution in [0, 0.1) is 0 Å². The number of carboxylic acids is 1. The van der Waals surface area contributed by atoms with Crippen molar-refractivity contribution in [1.29, 1.82) is 0 Å². The molecular weight excluding hydrogens is 308 g/mol. The molecule has 6 nitrogen and oxygen atoms in total. The van der Waals surface area contributed by atoms with Gasteiger partial charge < -0.3 is 14.9 Å². The number of amides is 2. The van der Waals surface area contributed by atoms with E-state index in [1.807, 2.05) is 30.3 Å². The smallest absolute Gasteiger partial charge is 0.326 e. The Balaban J connectivity index is 1.97. The summed E-state index contributed by atoms with van der Waals surface area (Å²) in [7, 11) is 0. The number of carbonyl (C=O) groups excluding carboxylic acids is 2. The highest BCUT2D eigenvalue weighted by Gasteiger charge is 2.32. The van der Waals surface area contributed by atoms with Crippen LogP contribution in [0.1, 0.15) is 31.7 Å². The summed E-state index contributed by atoms with van der Waals surface area (Å²) in [5, 5.41) is 9.28. The van der Waals surface area contributed by atoms with Gasteiger partial charge in [0.15, 0.2) is 0 Å². The summed E-state index contributed by atoms with van der Waals surface area (Å²) in [5.74, 6) is -1.43. The molecule has 1 N–H and O–H groups in total. The Hall–Kier alpha value is -2.37. The van der Waals surface area contributed by atoms with Crippen molar-refractivity contribution in [3.8, 4) is 0 Å². The van der Waals surface area contributed by atoms with Crippen molar-refractivity contribution in [2.45, 2.75) is 38.6 Å². The highest BCUT2D eigenvalue weighted by atomic mass is 16.4. The first kappa shape index (κ1) is 18.0. The molecule has 130 valence electrons. The molecule has 24 heavy (non-hydrogen) atoms. The number of aliphatic carboxylic acids is 1. The van der Waals surface area contributed by atoms with Gasteiger partial charge in [-0.05, 0) is 31.2 Å². The van der Waals surface area contributed by atoms with E-state index in [2.05, 4.69) is 0 Å². The number of likely N-dealkylation sites (tertiary alicyclic amines) is 1. The molecule has 6 heteroatoms. The molecule has 0 saturated carbocycles. The monoisotopic (exact) mass is 332 g/mol. The van der Waals surface area contributed by atoms with Gasteiger partial charge >= 0.3 is 5.97 Å². The van der Waals surface area contributed by atoms with Gasteiger partial charge in [-0.3, -0.25) is 9.59 Å². The number of piperidine rings is 1. The minimum absolute atomic E-state index is 0.0635. The van der Waals surface area contributed by atoms with Gasteiger partial charge in [-0.15, -0.1) is 0 Å². The lowest BCUT2D eigenvalue weighted by atomic mass is 10.0. The van der Waals surface area contributed by atoms with Crippen LogP contribution in [0.15, 0.2) is 30.3 Å². The van der Waals surface area contributed by atoms with Crippen LogP contribution in [0.2, 0.25) is 0 Å². The number of carbonyl (C=O) groups is 3. The van der Waals surface area contributed by atoms with Crippen molar-refractivity contribution < 1.29 is 19.5 Å². The third kappa shape index (κ3) is 4.81. The van der Waals surface area contributed by atoms with Gasteiger partial charge in [0.1, 0.15) is 6.04 Å². The summed E-state index contributed by atoms with van der Waals surface area (Å²) in [6.07, 6.45) is 2.76. The Kier molecular flexibility index (Phi) is 6.35. The number of benzene rings is 1. The second kappa shape index (κ2) is 8.47. The fourth-order valence-corrected chi connectivity index (χ4v) is 3.00. The molecule has 1 aliphatic rings. The van der Waals surface area contributed by atoms with E-state index in [4.69, 9.17) is 0 Å². The predicted octanol–water partition coefficient (Wildman–Crippen LogP) is 1.54. The molecule has 1 aliphatic heterocycles. The summed E-state index contributed by atoms with van der Waals surface area (Å²) < 4.78 is 0. The number of nitrogens with zero attached hydrogens (tertiary/aromatic N) is 2. The zero-order valence-electron chi connectivity index (χ0n) is 14.0. The first-order chi connectivity index (χ1) is 11.5. The summed E-state index contributed by atoms with van der Waals surface area (Å²) in [5.41, 5.74) is 1.09. The van der Waals surface area contributed by atoms with E-state index in [0.29, 0.717) is 25.9 Å². The minimum atomic E-state index is -0.971. The minimum Gasteiger partial charge on any atom is -0.480 e. The molecule has 0 spiro atoms. The van der Waals surface area contributed by atoms with Crippen molar-refractivity contribution in [2.75, 3.05) is 19.6 Å². The predicted molar refractivity (Wildman–Crippen MR) is 89.4 cm³/mol. The van der Waals surface area contributed by atoms with Gasteiger partial charge in [0.05, 0.1) is 6.54 Å². The maximum absolute atomic E-state index is 12.5. The third-order valence-corrected chi connectivity index (χ3v) is 4.39. The Labute approximate surface area is 142 Å². The molecule has 0 radical (unpaired) electrons. The Morgan fingerprint density at radius 1 is 1.21 bits per heavy atom. The van der Waals surface area contributed by atoms with Crippen LogP contribution >= 0.6 is 0 Å². The van der Waals surface area contributed by atoms with Gasteiger partial charge in [-0.1, -0.05) is 30.3 Å². The molecule has 0 aromatic heterocycles. The van der Waals surface area contributed by atoms with E-state index in [9.17, 15) is 19.5 Å². The lowest BCUT2D eigenvalue weighted by molar-refractivity contribution is -0.153. The van der Waals surface area contributed by atoms with E-state index in [0.717, 1.165) is 18.4 Å². The largest absolute Gasteiger partial charge is 0.480 e. The van der Waals surface area contributed by atoms with Gasteiger partial charge in [-0.2, -0.15) is 0 Å². The van der Waals surface area contributed by atoms with Gasteiger partial charge in [0, 0.05) is 20.0 Å². The maximum atomic E-state index is 12.5. The van der Waals surface area contributed by atoms with Crippen LogP contribution in [-0.2, 0) is 20.8 Å². The SMILES string of the molecule is CC(=O)N(CCc1ccccc1)CC(=O)N1CCCCC1C(=O)O. The first-order valence-electron chi connectivity index (χ1n) is 8.30. The van der Waals surface area contributed by atoms with Crippen molar-refractivity contribution in [2.24, 2.45) is 0 Å². The van der Waals surface area contributed by atoms with Crippen LogP contribution in [-0.4, -0.2) is 58.4 Å². The third-order valence-electron chi connectivity index (χ3n) is 4.39.